The Bertz CT molecular complexity index is 456. The number of aryl methyl sites for hydroxylation is 1. The van der Waals surface area contributed by atoms with Crippen LogP contribution in [-0.4, -0.2) is 18.0 Å². The highest BCUT2D eigenvalue weighted by Crippen LogP contribution is 2.39. The molecule has 2 aliphatic rings. The number of hydrogen-bond acceptors (Lipinski definition) is 3. The standard InChI is InChI=1S/C15H22N2OS/c1-9-5-6-13(19-9)15(18)17-14-10-3-2-4-11(14)8-12(16)7-10/h5-6,10-12,14H,2-4,7-8,16H2,1H3,(H,17,18). The minimum absolute atomic E-state index is 0.107. The largest absolute Gasteiger partial charge is 0.348 e. The molecule has 1 heterocycles. The molecule has 3 rings (SSSR count). The molecule has 3 nitrogen and oxygen atoms in total. The predicted octanol–water partition coefficient (Wildman–Crippen LogP) is 2.69. The molecule has 0 radical (unpaired) electrons. The molecule has 2 saturated carbocycles. The van der Waals surface area contributed by atoms with Crippen molar-refractivity contribution in [2.45, 2.75) is 51.1 Å². The van der Waals surface area contributed by atoms with E-state index in [9.17, 15) is 4.79 Å². The van der Waals surface area contributed by atoms with E-state index in [2.05, 4.69) is 5.32 Å². The molecule has 0 saturated heterocycles. The minimum Gasteiger partial charge on any atom is -0.348 e. The molecule has 1 aromatic rings. The zero-order valence-electron chi connectivity index (χ0n) is 11.4. The monoisotopic (exact) mass is 278 g/mol. The van der Waals surface area contributed by atoms with Crippen LogP contribution in [0, 0.1) is 18.8 Å². The lowest BCUT2D eigenvalue weighted by molar-refractivity contribution is 0.0759. The third kappa shape index (κ3) is 2.70. The van der Waals surface area contributed by atoms with E-state index in [-0.39, 0.29) is 5.91 Å². The van der Waals surface area contributed by atoms with Crippen molar-refractivity contribution < 1.29 is 4.79 Å². The van der Waals surface area contributed by atoms with Crippen LogP contribution in [-0.2, 0) is 0 Å². The van der Waals surface area contributed by atoms with Crippen LogP contribution in [0.5, 0.6) is 0 Å². The Morgan fingerprint density at radius 1 is 1.32 bits per heavy atom. The van der Waals surface area contributed by atoms with Gasteiger partial charge in [-0.1, -0.05) is 6.42 Å². The van der Waals surface area contributed by atoms with Crippen molar-refractivity contribution in [3.8, 4) is 0 Å². The number of hydrogen-bond donors (Lipinski definition) is 2. The van der Waals surface area contributed by atoms with Gasteiger partial charge in [-0.3, -0.25) is 4.79 Å². The number of carbonyl (C=O) groups excluding carboxylic acids is 1. The van der Waals surface area contributed by atoms with Gasteiger partial charge in [0, 0.05) is 17.0 Å². The SMILES string of the molecule is Cc1ccc(C(=O)NC2C3CCCC2CC(N)C3)s1. The first kappa shape index (κ1) is 13.1. The molecular formula is C15H22N2OS. The maximum Gasteiger partial charge on any atom is 0.261 e. The van der Waals surface area contributed by atoms with E-state index >= 15 is 0 Å². The lowest BCUT2D eigenvalue weighted by Crippen LogP contribution is -2.53. The normalized spacial score (nSPS) is 34.0. The number of fused-ring (bicyclic) bond motifs is 2. The number of carbonyl (C=O) groups is 1. The summed E-state index contributed by atoms with van der Waals surface area (Å²) in [4.78, 5) is 14.3. The first-order chi connectivity index (χ1) is 9.13. The van der Waals surface area contributed by atoms with Gasteiger partial charge >= 0.3 is 0 Å². The first-order valence-corrected chi connectivity index (χ1v) is 8.08. The molecule has 2 bridgehead atoms. The molecule has 0 aliphatic heterocycles. The van der Waals surface area contributed by atoms with Gasteiger partial charge in [-0.25, -0.2) is 0 Å². The molecule has 3 N–H and O–H groups in total. The van der Waals surface area contributed by atoms with Crippen molar-refractivity contribution in [2.75, 3.05) is 0 Å². The van der Waals surface area contributed by atoms with Crippen molar-refractivity contribution in [3.05, 3.63) is 21.9 Å². The fourth-order valence-electron chi connectivity index (χ4n) is 3.80. The summed E-state index contributed by atoms with van der Waals surface area (Å²) in [6, 6.07) is 4.63. The van der Waals surface area contributed by atoms with E-state index in [1.807, 2.05) is 19.1 Å². The highest BCUT2D eigenvalue weighted by atomic mass is 32.1. The van der Waals surface area contributed by atoms with Crippen molar-refractivity contribution >= 4 is 17.2 Å². The number of nitrogens with two attached hydrogens (primary N) is 1. The van der Waals surface area contributed by atoms with Crippen LogP contribution in [0.15, 0.2) is 12.1 Å². The second-order valence-electron chi connectivity index (χ2n) is 6.09. The Hall–Kier alpha value is -0.870. The summed E-state index contributed by atoms with van der Waals surface area (Å²) in [6.07, 6.45) is 5.89. The molecule has 104 valence electrons. The predicted molar refractivity (Wildman–Crippen MR) is 78.4 cm³/mol. The fourth-order valence-corrected chi connectivity index (χ4v) is 4.57. The lowest BCUT2D eigenvalue weighted by atomic mass is 9.67. The van der Waals surface area contributed by atoms with E-state index < -0.39 is 0 Å². The summed E-state index contributed by atoms with van der Waals surface area (Å²) < 4.78 is 0. The van der Waals surface area contributed by atoms with E-state index in [4.69, 9.17) is 5.73 Å². The Kier molecular flexibility index (Phi) is 3.63. The van der Waals surface area contributed by atoms with Gasteiger partial charge in [0.05, 0.1) is 4.88 Å². The Labute approximate surface area is 118 Å². The molecule has 2 unspecified atom stereocenters. The maximum atomic E-state index is 12.3. The van der Waals surface area contributed by atoms with Crippen LogP contribution in [0.2, 0.25) is 0 Å². The van der Waals surface area contributed by atoms with Crippen LogP contribution in [0.25, 0.3) is 0 Å². The van der Waals surface area contributed by atoms with Gasteiger partial charge in [0.15, 0.2) is 0 Å². The molecule has 1 amide bonds. The minimum atomic E-state index is 0.107. The average molecular weight is 278 g/mol. The van der Waals surface area contributed by atoms with Gasteiger partial charge in [-0.15, -0.1) is 11.3 Å². The quantitative estimate of drug-likeness (QED) is 0.874. The van der Waals surface area contributed by atoms with Gasteiger partial charge in [-0.2, -0.15) is 0 Å². The Balaban J connectivity index is 1.70. The lowest BCUT2D eigenvalue weighted by Gasteiger charge is -2.45. The fraction of sp³-hybridized carbons (Fsp3) is 0.667. The summed E-state index contributed by atoms with van der Waals surface area (Å²) >= 11 is 1.58. The third-order valence-corrected chi connectivity index (χ3v) is 5.64. The number of thiophene rings is 1. The zero-order valence-corrected chi connectivity index (χ0v) is 12.2. The molecule has 2 aliphatic carbocycles. The second kappa shape index (κ2) is 5.25. The molecular weight excluding hydrogens is 256 g/mol. The van der Waals surface area contributed by atoms with Crippen LogP contribution in [0.3, 0.4) is 0 Å². The zero-order chi connectivity index (χ0) is 13.4. The van der Waals surface area contributed by atoms with Crippen LogP contribution >= 0.6 is 11.3 Å². The average Bonchev–Trinajstić information content (AvgIpc) is 2.77. The molecule has 1 aromatic heterocycles. The van der Waals surface area contributed by atoms with E-state index in [0.717, 1.165) is 17.7 Å². The third-order valence-electron chi connectivity index (χ3n) is 4.64. The molecule has 19 heavy (non-hydrogen) atoms. The Morgan fingerprint density at radius 3 is 2.58 bits per heavy atom. The summed E-state index contributed by atoms with van der Waals surface area (Å²) in [5.74, 6) is 1.29. The summed E-state index contributed by atoms with van der Waals surface area (Å²) in [5.41, 5.74) is 6.12. The molecule has 0 spiro atoms. The summed E-state index contributed by atoms with van der Waals surface area (Å²) in [7, 11) is 0. The van der Waals surface area contributed by atoms with E-state index in [0.29, 0.717) is 23.9 Å². The van der Waals surface area contributed by atoms with Gasteiger partial charge < -0.3 is 11.1 Å². The molecule has 4 heteroatoms. The molecule has 2 fully saturated rings. The topological polar surface area (TPSA) is 55.1 Å². The smallest absolute Gasteiger partial charge is 0.261 e. The van der Waals surface area contributed by atoms with Crippen molar-refractivity contribution in [3.63, 3.8) is 0 Å². The maximum absolute atomic E-state index is 12.3. The van der Waals surface area contributed by atoms with Gasteiger partial charge in [0.25, 0.3) is 5.91 Å². The van der Waals surface area contributed by atoms with Crippen molar-refractivity contribution in [2.24, 2.45) is 17.6 Å². The van der Waals surface area contributed by atoms with Crippen LogP contribution < -0.4 is 11.1 Å². The first-order valence-electron chi connectivity index (χ1n) is 7.26. The Morgan fingerprint density at radius 2 is 2.00 bits per heavy atom. The summed E-state index contributed by atoms with van der Waals surface area (Å²) in [6.45, 7) is 2.04. The van der Waals surface area contributed by atoms with Gasteiger partial charge in [0.1, 0.15) is 0 Å². The highest BCUT2D eigenvalue weighted by Gasteiger charge is 2.40. The number of amides is 1. The van der Waals surface area contributed by atoms with Gasteiger partial charge in [-0.05, 0) is 56.6 Å². The molecule has 2 atom stereocenters. The van der Waals surface area contributed by atoms with Crippen LogP contribution in [0.4, 0.5) is 0 Å². The van der Waals surface area contributed by atoms with Crippen molar-refractivity contribution in [1.82, 2.24) is 5.32 Å². The number of nitrogens with one attached hydrogen (secondary N) is 1. The van der Waals surface area contributed by atoms with E-state index in [1.54, 1.807) is 11.3 Å². The summed E-state index contributed by atoms with van der Waals surface area (Å²) in [5, 5.41) is 3.29. The second-order valence-corrected chi connectivity index (χ2v) is 7.38. The van der Waals surface area contributed by atoms with Crippen LogP contribution in [0.1, 0.15) is 46.7 Å². The van der Waals surface area contributed by atoms with Crippen molar-refractivity contribution in [1.29, 1.82) is 0 Å². The molecule has 0 aromatic carbocycles. The van der Waals surface area contributed by atoms with Gasteiger partial charge in [0.2, 0.25) is 0 Å². The highest BCUT2D eigenvalue weighted by molar-refractivity contribution is 7.13. The number of rotatable bonds is 2. The van der Waals surface area contributed by atoms with E-state index in [1.165, 1.54) is 24.1 Å².